The summed E-state index contributed by atoms with van der Waals surface area (Å²) in [7, 11) is 1.17. The monoisotopic (exact) mass is 537 g/mol. The van der Waals surface area contributed by atoms with E-state index >= 15 is 0 Å². The summed E-state index contributed by atoms with van der Waals surface area (Å²) in [6.07, 6.45) is 1.99. The number of primary amides is 1. The molecule has 2 aliphatic rings. The number of nitrogens with two attached hydrogens (primary N) is 2. The minimum absolute atomic E-state index is 0.00842. The molecule has 2 fully saturated rings. The van der Waals surface area contributed by atoms with Gasteiger partial charge in [-0.25, -0.2) is 14.6 Å². The average Bonchev–Trinajstić information content (AvgIpc) is 3.61. The molecule has 38 heavy (non-hydrogen) atoms. The predicted molar refractivity (Wildman–Crippen MR) is 127 cm³/mol. The summed E-state index contributed by atoms with van der Waals surface area (Å²) in [5.41, 5.74) is 11.6. The van der Waals surface area contributed by atoms with Crippen LogP contribution in [0.5, 0.6) is 11.5 Å². The zero-order chi connectivity index (χ0) is 27.6. The lowest BCUT2D eigenvalue weighted by Crippen LogP contribution is -2.60. The normalized spacial score (nSPS) is 18.3. The van der Waals surface area contributed by atoms with Gasteiger partial charge < -0.3 is 39.9 Å². The molecule has 4 rings (SSSR count). The third kappa shape index (κ3) is 5.96. The Labute approximate surface area is 216 Å². The van der Waals surface area contributed by atoms with E-state index in [4.69, 9.17) is 25.4 Å². The Morgan fingerprint density at radius 2 is 1.95 bits per heavy atom. The van der Waals surface area contributed by atoms with Crippen molar-refractivity contribution in [2.24, 2.45) is 17.4 Å². The number of esters is 1. The minimum atomic E-state index is -3.04. The van der Waals surface area contributed by atoms with Crippen molar-refractivity contribution in [3.05, 3.63) is 29.7 Å². The SMILES string of the molecule is COC(=O)C1CN(C(N)=O)CCN1C(=O)c1nc(-c2ccc(OC(F)F)c(OCC3CC3)c2)oc1[C@H](C)N. The number of benzene rings is 1. The van der Waals surface area contributed by atoms with Crippen molar-refractivity contribution < 1.29 is 41.8 Å². The molecule has 1 aromatic heterocycles. The topological polar surface area (TPSA) is 163 Å². The van der Waals surface area contributed by atoms with E-state index in [1.54, 1.807) is 6.92 Å². The van der Waals surface area contributed by atoms with E-state index in [0.29, 0.717) is 18.1 Å². The van der Waals surface area contributed by atoms with Gasteiger partial charge in [-0.05, 0) is 43.9 Å². The molecule has 14 heteroatoms. The van der Waals surface area contributed by atoms with Crippen molar-refractivity contribution in [3.63, 3.8) is 0 Å². The first-order valence-electron chi connectivity index (χ1n) is 12.0. The highest BCUT2D eigenvalue weighted by molar-refractivity contribution is 5.97. The highest BCUT2D eigenvalue weighted by Gasteiger charge is 2.40. The van der Waals surface area contributed by atoms with E-state index in [2.05, 4.69) is 9.72 Å². The molecule has 2 heterocycles. The van der Waals surface area contributed by atoms with Gasteiger partial charge in [0.05, 0.1) is 26.3 Å². The lowest BCUT2D eigenvalue weighted by molar-refractivity contribution is -0.147. The Kier molecular flexibility index (Phi) is 7.99. The molecule has 1 unspecified atom stereocenters. The van der Waals surface area contributed by atoms with Gasteiger partial charge in [0, 0.05) is 18.7 Å². The Hall–Kier alpha value is -3.94. The number of nitrogens with zero attached hydrogens (tertiary/aromatic N) is 3. The van der Waals surface area contributed by atoms with Crippen LogP contribution in [0.25, 0.3) is 11.5 Å². The van der Waals surface area contributed by atoms with E-state index < -0.39 is 36.6 Å². The lowest BCUT2D eigenvalue weighted by atomic mass is 10.1. The fourth-order valence-electron chi connectivity index (χ4n) is 4.06. The van der Waals surface area contributed by atoms with Crippen molar-refractivity contribution in [1.29, 1.82) is 0 Å². The minimum Gasteiger partial charge on any atom is -0.489 e. The Balaban J connectivity index is 1.66. The van der Waals surface area contributed by atoms with Crippen LogP contribution < -0.4 is 20.9 Å². The van der Waals surface area contributed by atoms with Crippen molar-refractivity contribution in [2.45, 2.75) is 38.5 Å². The molecule has 12 nitrogen and oxygen atoms in total. The Bertz CT molecular complexity index is 1200. The second-order valence-electron chi connectivity index (χ2n) is 9.14. The molecule has 1 aliphatic carbocycles. The molecule has 0 bridgehead atoms. The smallest absolute Gasteiger partial charge is 0.387 e. The summed E-state index contributed by atoms with van der Waals surface area (Å²) in [5.74, 6) is -1.06. The van der Waals surface area contributed by atoms with Gasteiger partial charge in [0.2, 0.25) is 5.89 Å². The fraction of sp³-hybridized carbons (Fsp3) is 0.500. The number of halogens is 2. The molecule has 2 atom stereocenters. The summed E-state index contributed by atoms with van der Waals surface area (Å²) in [6, 6.07) is 1.57. The second kappa shape index (κ2) is 11.2. The quantitative estimate of drug-likeness (QED) is 0.456. The molecule has 1 aromatic carbocycles. The van der Waals surface area contributed by atoms with Crippen LogP contribution in [0.3, 0.4) is 0 Å². The maximum atomic E-state index is 13.6. The molecule has 206 valence electrons. The van der Waals surface area contributed by atoms with E-state index in [1.807, 2.05) is 0 Å². The summed E-state index contributed by atoms with van der Waals surface area (Å²) < 4.78 is 46.8. The molecule has 3 amide bonds. The van der Waals surface area contributed by atoms with E-state index in [-0.39, 0.29) is 48.5 Å². The van der Waals surface area contributed by atoms with Crippen molar-refractivity contribution in [3.8, 4) is 23.0 Å². The van der Waals surface area contributed by atoms with Gasteiger partial charge >= 0.3 is 18.6 Å². The van der Waals surface area contributed by atoms with Gasteiger partial charge in [-0.3, -0.25) is 4.79 Å². The number of hydrogen-bond acceptors (Lipinski definition) is 9. The van der Waals surface area contributed by atoms with Crippen molar-refractivity contribution in [1.82, 2.24) is 14.8 Å². The number of alkyl halides is 2. The predicted octanol–water partition coefficient (Wildman–Crippen LogP) is 2.13. The van der Waals surface area contributed by atoms with Gasteiger partial charge in [-0.1, -0.05) is 0 Å². The van der Waals surface area contributed by atoms with Crippen LogP contribution in [0.2, 0.25) is 0 Å². The molecule has 1 saturated carbocycles. The van der Waals surface area contributed by atoms with Crippen molar-refractivity contribution in [2.75, 3.05) is 33.4 Å². The number of carbonyl (C=O) groups excluding carboxylic acids is 3. The summed E-state index contributed by atoms with van der Waals surface area (Å²) in [4.78, 5) is 44.5. The third-order valence-corrected chi connectivity index (χ3v) is 6.27. The molecule has 1 saturated heterocycles. The standard InChI is InChI=1S/C24H29F2N5O7/c1-12(27)19-18(21(32)31-8-7-30(24(28)34)10-15(31)22(33)35-2)29-20(38-19)14-5-6-16(37-23(25)26)17(9-14)36-11-13-3-4-13/h5-6,9,12-13,15,23H,3-4,7-8,10-11,27H2,1-2H3,(H2,28,34)/t12-,15?/m0/s1. The summed E-state index contributed by atoms with van der Waals surface area (Å²) in [5, 5.41) is 0. The molecule has 4 N–H and O–H groups in total. The molecular formula is C24H29F2N5O7. The number of urea groups is 1. The highest BCUT2D eigenvalue weighted by atomic mass is 19.3. The van der Waals surface area contributed by atoms with Gasteiger partial charge in [0.25, 0.3) is 5.91 Å². The Morgan fingerprint density at radius 3 is 2.55 bits per heavy atom. The van der Waals surface area contributed by atoms with Crippen LogP contribution >= 0.6 is 0 Å². The first-order valence-corrected chi connectivity index (χ1v) is 12.0. The number of methoxy groups -OCH3 is 1. The number of rotatable bonds is 9. The van der Waals surface area contributed by atoms with Gasteiger partial charge in [-0.15, -0.1) is 0 Å². The van der Waals surface area contributed by atoms with Crippen LogP contribution in [0.15, 0.2) is 22.6 Å². The van der Waals surface area contributed by atoms with Crippen molar-refractivity contribution >= 4 is 17.9 Å². The highest BCUT2D eigenvalue weighted by Crippen LogP contribution is 2.37. The maximum Gasteiger partial charge on any atom is 0.387 e. The first kappa shape index (κ1) is 27.1. The number of oxazole rings is 1. The van der Waals surface area contributed by atoms with Crippen LogP contribution in [-0.2, 0) is 9.53 Å². The van der Waals surface area contributed by atoms with Crippen LogP contribution in [0.4, 0.5) is 13.6 Å². The largest absolute Gasteiger partial charge is 0.489 e. The lowest BCUT2D eigenvalue weighted by Gasteiger charge is -2.38. The van der Waals surface area contributed by atoms with E-state index in [0.717, 1.165) is 12.8 Å². The maximum absolute atomic E-state index is 13.6. The third-order valence-electron chi connectivity index (χ3n) is 6.27. The number of aromatic nitrogens is 1. The number of amides is 3. The molecular weight excluding hydrogens is 508 g/mol. The fourth-order valence-corrected chi connectivity index (χ4v) is 4.06. The van der Waals surface area contributed by atoms with E-state index in [9.17, 15) is 23.2 Å². The molecule has 0 radical (unpaired) electrons. The molecule has 2 aromatic rings. The summed E-state index contributed by atoms with van der Waals surface area (Å²) >= 11 is 0. The van der Waals surface area contributed by atoms with Crippen LogP contribution in [0.1, 0.15) is 42.1 Å². The van der Waals surface area contributed by atoms with Gasteiger partial charge in [0.15, 0.2) is 23.0 Å². The summed E-state index contributed by atoms with van der Waals surface area (Å²) in [6.45, 7) is -1.18. The van der Waals surface area contributed by atoms with Gasteiger partial charge in [0.1, 0.15) is 6.04 Å². The van der Waals surface area contributed by atoms with Crippen LogP contribution in [-0.4, -0.2) is 78.7 Å². The van der Waals surface area contributed by atoms with E-state index in [1.165, 1.54) is 35.1 Å². The second-order valence-corrected chi connectivity index (χ2v) is 9.14. The number of hydrogen-bond donors (Lipinski definition) is 2. The van der Waals surface area contributed by atoms with Crippen LogP contribution in [0, 0.1) is 5.92 Å². The average molecular weight is 538 g/mol. The zero-order valence-corrected chi connectivity index (χ0v) is 20.9. The Morgan fingerprint density at radius 1 is 1.21 bits per heavy atom. The molecule has 1 aliphatic heterocycles. The molecule has 0 spiro atoms. The number of carbonyl (C=O) groups is 3. The zero-order valence-electron chi connectivity index (χ0n) is 20.9. The first-order chi connectivity index (χ1) is 18.1. The number of ether oxygens (including phenoxy) is 3. The number of piperazine rings is 1. The van der Waals surface area contributed by atoms with Gasteiger partial charge in [-0.2, -0.15) is 8.78 Å².